The van der Waals surface area contributed by atoms with Crippen molar-refractivity contribution in [2.75, 3.05) is 33.0 Å². The van der Waals surface area contributed by atoms with E-state index < -0.39 is 0 Å². The number of hydrogen-bond acceptors (Lipinski definition) is 3. The quantitative estimate of drug-likeness (QED) is 0.379. The van der Waals surface area contributed by atoms with E-state index in [9.17, 15) is 0 Å². The van der Waals surface area contributed by atoms with Crippen molar-refractivity contribution in [1.82, 2.24) is 10.6 Å². The number of benzene rings is 1. The molecule has 2 atom stereocenters. The van der Waals surface area contributed by atoms with E-state index in [4.69, 9.17) is 16.3 Å². The molecule has 2 N–H and O–H groups in total. The molecular weight excluding hydrogens is 445 g/mol. The van der Waals surface area contributed by atoms with Gasteiger partial charge in [0.05, 0.1) is 6.10 Å². The lowest BCUT2D eigenvalue weighted by Gasteiger charge is -2.20. The highest BCUT2D eigenvalue weighted by molar-refractivity contribution is 14.0. The van der Waals surface area contributed by atoms with Gasteiger partial charge in [-0.25, -0.2) is 0 Å². The Hall–Kier alpha value is -0.180. The van der Waals surface area contributed by atoms with Crippen molar-refractivity contribution in [3.8, 4) is 0 Å². The molecule has 0 radical (unpaired) electrons. The molecule has 1 aromatic carbocycles. The first kappa shape index (κ1) is 20.9. The molecule has 4 nitrogen and oxygen atoms in total. The summed E-state index contributed by atoms with van der Waals surface area (Å²) in [4.78, 5) is 4.27. The molecular formula is C16H25ClIN3OS. The molecule has 1 saturated heterocycles. The smallest absolute Gasteiger partial charge is 0.191 e. The molecule has 0 spiro atoms. The molecule has 1 fully saturated rings. The number of halogens is 2. The number of rotatable bonds is 6. The van der Waals surface area contributed by atoms with E-state index >= 15 is 0 Å². The van der Waals surface area contributed by atoms with Crippen molar-refractivity contribution in [1.29, 1.82) is 0 Å². The molecule has 7 heteroatoms. The van der Waals surface area contributed by atoms with Crippen LogP contribution in [0.2, 0.25) is 5.02 Å². The van der Waals surface area contributed by atoms with Crippen molar-refractivity contribution in [3.05, 3.63) is 34.9 Å². The van der Waals surface area contributed by atoms with Crippen LogP contribution in [-0.4, -0.2) is 44.2 Å². The fourth-order valence-electron chi connectivity index (χ4n) is 2.47. The number of ether oxygens (including phenoxy) is 1. The van der Waals surface area contributed by atoms with Gasteiger partial charge in [-0.3, -0.25) is 4.99 Å². The van der Waals surface area contributed by atoms with Crippen molar-refractivity contribution in [2.24, 2.45) is 4.99 Å². The molecule has 1 heterocycles. The van der Waals surface area contributed by atoms with E-state index in [1.165, 1.54) is 18.6 Å². The first-order valence-electron chi connectivity index (χ1n) is 7.57. The minimum Gasteiger partial charge on any atom is -0.375 e. The Morgan fingerprint density at radius 3 is 2.91 bits per heavy atom. The maximum absolute atomic E-state index is 6.04. The number of hydrogen-bond donors (Lipinski definition) is 2. The molecule has 23 heavy (non-hydrogen) atoms. The molecule has 130 valence electrons. The Morgan fingerprint density at radius 1 is 1.48 bits per heavy atom. The van der Waals surface area contributed by atoms with Gasteiger partial charge in [0.25, 0.3) is 0 Å². The number of aliphatic imine (C=N–C) groups is 1. The summed E-state index contributed by atoms with van der Waals surface area (Å²) in [5.74, 6) is 2.09. The van der Waals surface area contributed by atoms with Crippen LogP contribution in [0.3, 0.4) is 0 Å². The zero-order valence-corrected chi connectivity index (χ0v) is 17.5. The van der Waals surface area contributed by atoms with Gasteiger partial charge in [0.15, 0.2) is 5.96 Å². The molecule has 1 aromatic rings. The highest BCUT2D eigenvalue weighted by Gasteiger charge is 2.16. The number of methoxy groups -OCH3 is 1. The molecule has 0 saturated carbocycles. The predicted octanol–water partition coefficient (Wildman–Crippen LogP) is 3.71. The SMILES string of the molecule is CN=C(NCC1CCCS1)NCC(OC)c1cccc(Cl)c1.I. The van der Waals surface area contributed by atoms with Gasteiger partial charge in [0.1, 0.15) is 0 Å². The average molecular weight is 470 g/mol. The number of guanidine groups is 1. The van der Waals surface area contributed by atoms with Crippen molar-refractivity contribution < 1.29 is 4.74 Å². The second-order valence-electron chi connectivity index (χ2n) is 5.25. The Kier molecular flexibility index (Phi) is 10.3. The second-order valence-corrected chi connectivity index (χ2v) is 7.09. The Morgan fingerprint density at radius 2 is 2.30 bits per heavy atom. The lowest BCUT2D eigenvalue weighted by Crippen LogP contribution is -2.42. The van der Waals surface area contributed by atoms with Gasteiger partial charge in [0, 0.05) is 37.5 Å². The lowest BCUT2D eigenvalue weighted by atomic mass is 10.1. The minimum absolute atomic E-state index is 0. The maximum atomic E-state index is 6.04. The molecule has 0 aromatic heterocycles. The summed E-state index contributed by atoms with van der Waals surface area (Å²) in [6, 6.07) is 7.76. The number of thioether (sulfide) groups is 1. The van der Waals surface area contributed by atoms with E-state index in [1.54, 1.807) is 14.2 Å². The highest BCUT2D eigenvalue weighted by Crippen LogP contribution is 2.25. The van der Waals surface area contributed by atoms with E-state index in [2.05, 4.69) is 15.6 Å². The Balaban J connectivity index is 0.00000264. The summed E-state index contributed by atoms with van der Waals surface area (Å²) in [5, 5.41) is 8.14. The van der Waals surface area contributed by atoms with Gasteiger partial charge in [0.2, 0.25) is 0 Å². The largest absolute Gasteiger partial charge is 0.375 e. The van der Waals surface area contributed by atoms with E-state index in [-0.39, 0.29) is 30.1 Å². The van der Waals surface area contributed by atoms with Crippen molar-refractivity contribution in [3.63, 3.8) is 0 Å². The summed E-state index contributed by atoms with van der Waals surface area (Å²) >= 11 is 8.08. The first-order chi connectivity index (χ1) is 10.7. The average Bonchev–Trinajstić information content (AvgIpc) is 3.04. The van der Waals surface area contributed by atoms with Gasteiger partial charge in [-0.2, -0.15) is 11.8 Å². The molecule has 0 aliphatic carbocycles. The fourth-order valence-corrected chi connectivity index (χ4v) is 3.87. The third-order valence-electron chi connectivity index (χ3n) is 3.70. The van der Waals surface area contributed by atoms with Gasteiger partial charge in [-0.15, -0.1) is 24.0 Å². The molecule has 1 aliphatic heterocycles. The van der Waals surface area contributed by atoms with E-state index in [0.717, 1.165) is 23.1 Å². The van der Waals surface area contributed by atoms with Gasteiger partial charge in [-0.1, -0.05) is 23.7 Å². The molecule has 1 aliphatic rings. The molecule has 0 amide bonds. The molecule has 2 rings (SSSR count). The fraction of sp³-hybridized carbons (Fsp3) is 0.562. The summed E-state index contributed by atoms with van der Waals surface area (Å²) < 4.78 is 5.56. The first-order valence-corrected chi connectivity index (χ1v) is 9.00. The van der Waals surface area contributed by atoms with Crippen LogP contribution in [-0.2, 0) is 4.74 Å². The predicted molar refractivity (Wildman–Crippen MR) is 111 cm³/mol. The van der Waals surface area contributed by atoms with Gasteiger partial charge >= 0.3 is 0 Å². The van der Waals surface area contributed by atoms with Crippen LogP contribution in [0.5, 0.6) is 0 Å². The molecule has 2 unspecified atom stereocenters. The zero-order chi connectivity index (χ0) is 15.8. The summed E-state index contributed by atoms with van der Waals surface area (Å²) in [7, 11) is 3.50. The van der Waals surface area contributed by atoms with E-state index in [1.807, 2.05) is 36.0 Å². The highest BCUT2D eigenvalue weighted by atomic mass is 127. The summed E-state index contributed by atoms with van der Waals surface area (Å²) in [5.41, 5.74) is 1.06. The topological polar surface area (TPSA) is 45.7 Å². The standard InChI is InChI=1S/C16H24ClN3OS.HI/c1-18-16(19-10-14-7-4-8-22-14)20-11-15(21-2)12-5-3-6-13(17)9-12;/h3,5-6,9,14-15H,4,7-8,10-11H2,1-2H3,(H2,18,19,20);1H. The van der Waals surface area contributed by atoms with Crippen LogP contribution in [0.4, 0.5) is 0 Å². The third-order valence-corrected chi connectivity index (χ3v) is 5.34. The van der Waals surface area contributed by atoms with Crippen LogP contribution in [0, 0.1) is 0 Å². The zero-order valence-electron chi connectivity index (χ0n) is 13.5. The Labute approximate surface area is 165 Å². The van der Waals surface area contributed by atoms with Crippen molar-refractivity contribution in [2.45, 2.75) is 24.2 Å². The monoisotopic (exact) mass is 469 g/mol. The second kappa shape index (κ2) is 11.4. The van der Waals surface area contributed by atoms with E-state index in [0.29, 0.717) is 11.8 Å². The minimum atomic E-state index is -0.0573. The summed E-state index contributed by atoms with van der Waals surface area (Å²) in [6.07, 6.45) is 2.56. The lowest BCUT2D eigenvalue weighted by molar-refractivity contribution is 0.106. The Bertz CT molecular complexity index is 498. The number of nitrogens with zero attached hydrogens (tertiary/aromatic N) is 1. The van der Waals surface area contributed by atoms with Crippen LogP contribution < -0.4 is 10.6 Å². The number of nitrogens with one attached hydrogen (secondary N) is 2. The van der Waals surface area contributed by atoms with Crippen LogP contribution in [0.1, 0.15) is 24.5 Å². The normalized spacial score (nSPS) is 19.1. The van der Waals surface area contributed by atoms with Gasteiger partial charge in [-0.05, 0) is 36.3 Å². The van der Waals surface area contributed by atoms with Crippen molar-refractivity contribution >= 4 is 53.3 Å². The summed E-state index contributed by atoms with van der Waals surface area (Å²) in [6.45, 7) is 1.60. The third kappa shape index (κ3) is 7.07. The van der Waals surface area contributed by atoms with Crippen LogP contribution in [0.15, 0.2) is 29.3 Å². The van der Waals surface area contributed by atoms with Gasteiger partial charge < -0.3 is 15.4 Å². The van der Waals surface area contributed by atoms with Crippen LogP contribution in [0.25, 0.3) is 0 Å². The van der Waals surface area contributed by atoms with Crippen LogP contribution >= 0.6 is 47.3 Å². The maximum Gasteiger partial charge on any atom is 0.191 e. The molecule has 0 bridgehead atoms.